The Balaban J connectivity index is 2.00. The number of aromatic amines is 1. The number of nitrogens with zero attached hydrogens (tertiary/aromatic N) is 1. The van der Waals surface area contributed by atoms with Gasteiger partial charge in [0.1, 0.15) is 17.3 Å². The second-order valence-electron chi connectivity index (χ2n) is 4.72. The van der Waals surface area contributed by atoms with E-state index in [0.29, 0.717) is 22.5 Å². The van der Waals surface area contributed by atoms with Gasteiger partial charge in [0.05, 0.1) is 5.39 Å². The SMILES string of the molecule is CCC(=O)OCc1nc2scc(-c3ccccc3)c2c(=O)[nH]1. The fraction of sp³-hybridized carbons (Fsp3) is 0.188. The third kappa shape index (κ3) is 2.78. The highest BCUT2D eigenvalue weighted by atomic mass is 32.1. The lowest BCUT2D eigenvalue weighted by Gasteiger charge is -2.03. The van der Waals surface area contributed by atoms with Crippen LogP contribution in [0.15, 0.2) is 40.5 Å². The molecule has 5 nitrogen and oxygen atoms in total. The first kappa shape index (κ1) is 14.5. The highest BCUT2D eigenvalue weighted by Crippen LogP contribution is 2.30. The molecule has 0 aliphatic carbocycles. The average molecular weight is 314 g/mol. The van der Waals surface area contributed by atoms with Crippen molar-refractivity contribution in [1.82, 2.24) is 9.97 Å². The van der Waals surface area contributed by atoms with E-state index in [9.17, 15) is 9.59 Å². The molecule has 0 unspecified atom stereocenters. The molecule has 0 saturated carbocycles. The number of carbonyl (C=O) groups is 1. The Morgan fingerprint density at radius 2 is 2.09 bits per heavy atom. The molecule has 2 aromatic heterocycles. The first-order chi connectivity index (χ1) is 10.7. The van der Waals surface area contributed by atoms with Crippen LogP contribution in [0.5, 0.6) is 0 Å². The topological polar surface area (TPSA) is 72.0 Å². The van der Waals surface area contributed by atoms with Gasteiger partial charge in [0, 0.05) is 17.4 Å². The summed E-state index contributed by atoms with van der Waals surface area (Å²) in [7, 11) is 0. The molecule has 0 aliphatic rings. The van der Waals surface area contributed by atoms with Crippen molar-refractivity contribution in [2.24, 2.45) is 0 Å². The fourth-order valence-corrected chi connectivity index (χ4v) is 3.11. The monoisotopic (exact) mass is 314 g/mol. The van der Waals surface area contributed by atoms with Gasteiger partial charge in [-0.2, -0.15) is 0 Å². The molecular formula is C16H14N2O3S. The number of aromatic nitrogens is 2. The number of H-pyrrole nitrogens is 1. The molecule has 0 aliphatic heterocycles. The van der Waals surface area contributed by atoms with Crippen LogP contribution in [0, 0.1) is 0 Å². The summed E-state index contributed by atoms with van der Waals surface area (Å²) in [5, 5.41) is 2.49. The Morgan fingerprint density at radius 1 is 1.32 bits per heavy atom. The number of benzene rings is 1. The molecule has 3 aromatic rings. The van der Waals surface area contributed by atoms with Crippen LogP contribution in [-0.2, 0) is 16.1 Å². The number of fused-ring (bicyclic) bond motifs is 1. The van der Waals surface area contributed by atoms with Gasteiger partial charge in [-0.1, -0.05) is 37.3 Å². The van der Waals surface area contributed by atoms with Crippen molar-refractivity contribution in [2.75, 3.05) is 0 Å². The lowest BCUT2D eigenvalue weighted by atomic mass is 10.1. The average Bonchev–Trinajstić information content (AvgIpc) is 2.98. The van der Waals surface area contributed by atoms with Gasteiger partial charge >= 0.3 is 5.97 Å². The molecule has 0 atom stereocenters. The number of nitrogens with one attached hydrogen (secondary N) is 1. The Morgan fingerprint density at radius 3 is 2.82 bits per heavy atom. The lowest BCUT2D eigenvalue weighted by molar-refractivity contribution is -0.144. The zero-order chi connectivity index (χ0) is 15.5. The number of esters is 1. The molecular weight excluding hydrogens is 300 g/mol. The molecule has 0 spiro atoms. The molecule has 6 heteroatoms. The Labute approximate surface area is 130 Å². The normalized spacial score (nSPS) is 10.8. The molecule has 1 N–H and O–H groups in total. The Kier molecular flexibility index (Phi) is 4.02. The third-order valence-electron chi connectivity index (χ3n) is 3.24. The number of hydrogen-bond donors (Lipinski definition) is 1. The minimum Gasteiger partial charge on any atom is -0.458 e. The predicted molar refractivity (Wildman–Crippen MR) is 85.8 cm³/mol. The molecule has 3 rings (SSSR count). The van der Waals surface area contributed by atoms with E-state index in [-0.39, 0.29) is 18.1 Å². The van der Waals surface area contributed by atoms with Crippen molar-refractivity contribution in [1.29, 1.82) is 0 Å². The van der Waals surface area contributed by atoms with Gasteiger partial charge in [-0.3, -0.25) is 9.59 Å². The van der Waals surface area contributed by atoms with Crippen molar-refractivity contribution in [3.8, 4) is 11.1 Å². The number of carbonyl (C=O) groups excluding carboxylic acids is 1. The van der Waals surface area contributed by atoms with E-state index in [1.54, 1.807) is 6.92 Å². The van der Waals surface area contributed by atoms with Crippen molar-refractivity contribution >= 4 is 27.5 Å². The smallest absolute Gasteiger partial charge is 0.305 e. The van der Waals surface area contributed by atoms with Crippen LogP contribution in [-0.4, -0.2) is 15.9 Å². The summed E-state index contributed by atoms with van der Waals surface area (Å²) in [5.74, 6) is 0.0414. The van der Waals surface area contributed by atoms with Crippen LogP contribution in [0.4, 0.5) is 0 Å². The van der Waals surface area contributed by atoms with E-state index >= 15 is 0 Å². The number of hydrogen-bond acceptors (Lipinski definition) is 5. The minimum absolute atomic E-state index is 0.0174. The van der Waals surface area contributed by atoms with Crippen LogP contribution in [0.2, 0.25) is 0 Å². The molecule has 112 valence electrons. The Hall–Kier alpha value is -2.47. The largest absolute Gasteiger partial charge is 0.458 e. The van der Waals surface area contributed by atoms with Crippen LogP contribution in [0.1, 0.15) is 19.2 Å². The van der Waals surface area contributed by atoms with E-state index in [0.717, 1.165) is 11.1 Å². The predicted octanol–water partition coefficient (Wildman–Crippen LogP) is 3.10. The van der Waals surface area contributed by atoms with Gasteiger partial charge in [-0.25, -0.2) is 4.98 Å². The van der Waals surface area contributed by atoms with Gasteiger partial charge in [-0.15, -0.1) is 11.3 Å². The molecule has 22 heavy (non-hydrogen) atoms. The lowest BCUT2D eigenvalue weighted by Crippen LogP contribution is -2.13. The zero-order valence-corrected chi connectivity index (χ0v) is 12.8. The summed E-state index contributed by atoms with van der Waals surface area (Å²) >= 11 is 1.41. The first-order valence-electron chi connectivity index (χ1n) is 6.90. The van der Waals surface area contributed by atoms with E-state index in [4.69, 9.17) is 4.74 Å². The van der Waals surface area contributed by atoms with Crippen LogP contribution < -0.4 is 5.56 Å². The highest BCUT2D eigenvalue weighted by Gasteiger charge is 2.13. The van der Waals surface area contributed by atoms with Crippen molar-refractivity contribution in [3.05, 3.63) is 51.9 Å². The van der Waals surface area contributed by atoms with Crippen LogP contribution >= 0.6 is 11.3 Å². The van der Waals surface area contributed by atoms with Crippen molar-refractivity contribution in [2.45, 2.75) is 20.0 Å². The molecule has 0 bridgehead atoms. The van der Waals surface area contributed by atoms with E-state index in [2.05, 4.69) is 9.97 Å². The summed E-state index contributed by atoms with van der Waals surface area (Å²) in [6.45, 7) is 1.70. The summed E-state index contributed by atoms with van der Waals surface area (Å²) < 4.78 is 5.01. The number of rotatable bonds is 4. The van der Waals surface area contributed by atoms with Gasteiger partial charge in [0.15, 0.2) is 0 Å². The molecule has 0 fully saturated rings. The minimum atomic E-state index is -0.320. The maximum absolute atomic E-state index is 12.3. The molecule has 0 radical (unpaired) electrons. The highest BCUT2D eigenvalue weighted by molar-refractivity contribution is 7.17. The number of thiophene rings is 1. The van der Waals surface area contributed by atoms with E-state index < -0.39 is 0 Å². The number of ether oxygens (including phenoxy) is 1. The van der Waals surface area contributed by atoms with Gasteiger partial charge in [0.2, 0.25) is 0 Å². The zero-order valence-electron chi connectivity index (χ0n) is 12.0. The van der Waals surface area contributed by atoms with E-state index in [1.165, 1.54) is 11.3 Å². The van der Waals surface area contributed by atoms with Crippen molar-refractivity contribution in [3.63, 3.8) is 0 Å². The third-order valence-corrected chi connectivity index (χ3v) is 4.11. The second-order valence-corrected chi connectivity index (χ2v) is 5.58. The molecule has 0 saturated heterocycles. The molecule has 1 aromatic carbocycles. The Bertz CT molecular complexity index is 868. The summed E-state index contributed by atoms with van der Waals surface area (Å²) in [4.78, 5) is 31.2. The second kappa shape index (κ2) is 6.11. The summed E-state index contributed by atoms with van der Waals surface area (Å²) in [6, 6.07) is 9.70. The summed E-state index contributed by atoms with van der Waals surface area (Å²) in [5.41, 5.74) is 1.63. The maximum Gasteiger partial charge on any atom is 0.305 e. The van der Waals surface area contributed by atoms with Gasteiger partial charge in [-0.05, 0) is 5.56 Å². The van der Waals surface area contributed by atoms with Crippen molar-refractivity contribution < 1.29 is 9.53 Å². The van der Waals surface area contributed by atoms with Crippen LogP contribution in [0.25, 0.3) is 21.3 Å². The van der Waals surface area contributed by atoms with E-state index in [1.807, 2.05) is 35.7 Å². The van der Waals surface area contributed by atoms with Crippen LogP contribution in [0.3, 0.4) is 0 Å². The standard InChI is InChI=1S/C16H14N2O3S/c1-2-13(19)21-8-12-17-15(20)14-11(9-22-16(14)18-12)10-6-4-3-5-7-10/h3-7,9H,2,8H2,1H3,(H,17,18,20). The molecule has 0 amide bonds. The first-order valence-corrected chi connectivity index (χ1v) is 7.78. The molecule has 2 heterocycles. The van der Waals surface area contributed by atoms with Gasteiger partial charge in [0.25, 0.3) is 5.56 Å². The maximum atomic E-state index is 12.3. The van der Waals surface area contributed by atoms with Gasteiger partial charge < -0.3 is 9.72 Å². The fourth-order valence-electron chi connectivity index (χ4n) is 2.14. The summed E-state index contributed by atoms with van der Waals surface area (Å²) in [6.07, 6.45) is 0.295. The quantitative estimate of drug-likeness (QED) is 0.751.